The molecule has 5 heterocycles. The van der Waals surface area contributed by atoms with Crippen LogP contribution in [-0.4, -0.2) is 49.1 Å². The maximum absolute atomic E-state index is 13.8. The monoisotopic (exact) mass is 510 g/mol. The molecule has 1 saturated heterocycles. The first-order valence-electron chi connectivity index (χ1n) is 11.6. The number of ether oxygens (including phenoxy) is 1. The normalized spacial score (nSPS) is 16.3. The molecule has 2 N–H and O–H groups in total. The van der Waals surface area contributed by atoms with Gasteiger partial charge in [0.15, 0.2) is 0 Å². The highest BCUT2D eigenvalue weighted by atomic mass is 19.4. The van der Waals surface area contributed by atoms with Gasteiger partial charge in [-0.05, 0) is 37.1 Å². The molecule has 37 heavy (non-hydrogen) atoms. The molecule has 190 valence electrons. The van der Waals surface area contributed by atoms with Gasteiger partial charge in [-0.3, -0.25) is 14.6 Å². The largest absolute Gasteiger partial charge is 0.419 e. The predicted molar refractivity (Wildman–Crippen MR) is 126 cm³/mol. The fraction of sp³-hybridized carbons (Fsp3) is 0.292. The zero-order valence-electron chi connectivity index (χ0n) is 19.4. The smallest absolute Gasteiger partial charge is 0.381 e. The van der Waals surface area contributed by atoms with Crippen molar-refractivity contribution in [2.75, 3.05) is 23.4 Å². The Morgan fingerprint density at radius 1 is 1.08 bits per heavy atom. The summed E-state index contributed by atoms with van der Waals surface area (Å²) in [6.45, 7) is 1.56. The maximum atomic E-state index is 13.8. The van der Waals surface area contributed by atoms with Crippen molar-refractivity contribution in [2.45, 2.75) is 31.6 Å². The molecule has 6 rings (SSSR count). The van der Waals surface area contributed by atoms with Gasteiger partial charge in [0.25, 0.3) is 5.91 Å². The number of benzene rings is 1. The van der Waals surface area contributed by atoms with Gasteiger partial charge in [-0.15, -0.1) is 0 Å². The van der Waals surface area contributed by atoms with Crippen molar-refractivity contribution in [1.82, 2.24) is 29.9 Å². The summed E-state index contributed by atoms with van der Waals surface area (Å²) in [5.41, 5.74) is 1.58. The molecule has 13 heteroatoms. The minimum Gasteiger partial charge on any atom is -0.381 e. The van der Waals surface area contributed by atoms with E-state index in [-0.39, 0.29) is 29.2 Å². The number of anilines is 3. The van der Waals surface area contributed by atoms with E-state index in [2.05, 4.69) is 30.6 Å². The van der Waals surface area contributed by atoms with Crippen molar-refractivity contribution in [3.05, 3.63) is 65.9 Å². The zero-order valence-corrected chi connectivity index (χ0v) is 19.4. The number of nitrogens with one attached hydrogen (secondary N) is 2. The predicted octanol–water partition coefficient (Wildman–Crippen LogP) is 4.34. The molecular weight excluding hydrogens is 489 g/mol. The fourth-order valence-electron chi connectivity index (χ4n) is 4.53. The summed E-state index contributed by atoms with van der Waals surface area (Å²) in [4.78, 5) is 22.2. The average molecular weight is 510 g/mol. The second-order valence-electron chi connectivity index (χ2n) is 8.83. The van der Waals surface area contributed by atoms with Crippen molar-refractivity contribution in [3.8, 4) is 11.3 Å². The highest BCUT2D eigenvalue weighted by molar-refractivity contribution is 6.09. The molecule has 2 aliphatic rings. The Balaban J connectivity index is 1.24. The standard InChI is InChI=1S/C24H21F3N8O2/c25-24(26,27)19-11-28-23(32-21(19)14-9-30-35(12-14)17-5-7-37-8-6-17)31-15-1-3-16(4-2-15)34-13-20-18(22(34)36)10-29-33-20/h1-4,9-12,17H,5-8,13H2,(H,29,33)(H,28,31,32). The Kier molecular flexibility index (Phi) is 5.63. The highest BCUT2D eigenvalue weighted by Crippen LogP contribution is 2.37. The summed E-state index contributed by atoms with van der Waals surface area (Å²) >= 11 is 0. The van der Waals surface area contributed by atoms with Crippen molar-refractivity contribution in [1.29, 1.82) is 0 Å². The lowest BCUT2D eigenvalue weighted by Gasteiger charge is -2.22. The molecule has 10 nitrogen and oxygen atoms in total. The molecule has 0 spiro atoms. The van der Waals surface area contributed by atoms with E-state index < -0.39 is 11.7 Å². The van der Waals surface area contributed by atoms with E-state index in [0.29, 0.717) is 36.7 Å². The average Bonchev–Trinajstić information content (AvgIpc) is 3.63. The molecule has 1 amide bonds. The van der Waals surface area contributed by atoms with Gasteiger partial charge < -0.3 is 15.0 Å². The van der Waals surface area contributed by atoms with Gasteiger partial charge in [-0.2, -0.15) is 23.4 Å². The van der Waals surface area contributed by atoms with Gasteiger partial charge in [-0.25, -0.2) is 9.97 Å². The number of aromatic amines is 1. The van der Waals surface area contributed by atoms with Crippen LogP contribution >= 0.6 is 0 Å². The number of hydrogen-bond donors (Lipinski definition) is 2. The van der Waals surface area contributed by atoms with E-state index in [1.54, 1.807) is 40.0 Å². The van der Waals surface area contributed by atoms with E-state index in [0.717, 1.165) is 24.7 Å². The maximum Gasteiger partial charge on any atom is 0.419 e. The van der Waals surface area contributed by atoms with Crippen molar-refractivity contribution in [2.24, 2.45) is 0 Å². The summed E-state index contributed by atoms with van der Waals surface area (Å²) < 4.78 is 48.3. The first-order valence-corrected chi connectivity index (χ1v) is 11.6. The first kappa shape index (κ1) is 23.2. The van der Waals surface area contributed by atoms with Crippen LogP contribution in [0.15, 0.2) is 49.1 Å². The second-order valence-corrected chi connectivity index (χ2v) is 8.83. The molecule has 1 aromatic carbocycles. The molecule has 0 saturated carbocycles. The molecule has 3 aromatic heterocycles. The number of H-pyrrole nitrogens is 1. The number of fused-ring (bicyclic) bond motifs is 1. The van der Waals surface area contributed by atoms with Gasteiger partial charge in [0, 0.05) is 42.5 Å². The number of halogens is 3. The van der Waals surface area contributed by atoms with Crippen LogP contribution in [0.4, 0.5) is 30.5 Å². The quantitative estimate of drug-likeness (QED) is 0.411. The van der Waals surface area contributed by atoms with Crippen molar-refractivity contribution < 1.29 is 22.7 Å². The third-order valence-corrected chi connectivity index (χ3v) is 6.48. The van der Waals surface area contributed by atoms with Crippen LogP contribution in [0.3, 0.4) is 0 Å². The van der Waals surface area contributed by atoms with Crippen LogP contribution in [-0.2, 0) is 17.5 Å². The lowest BCUT2D eigenvalue weighted by Crippen LogP contribution is -2.23. The highest BCUT2D eigenvalue weighted by Gasteiger charge is 2.36. The lowest BCUT2D eigenvalue weighted by molar-refractivity contribution is -0.137. The minimum absolute atomic E-state index is 0.00729. The minimum atomic E-state index is -4.63. The Hall–Kier alpha value is -4.26. The SMILES string of the molecule is O=C1c2cn[nH]c2CN1c1ccc(Nc2ncc(C(F)(F)F)c(-c3cnn(C4CCOCC4)c3)n2)cc1. The van der Waals surface area contributed by atoms with E-state index in [9.17, 15) is 18.0 Å². The summed E-state index contributed by atoms with van der Waals surface area (Å²) in [5, 5.41) is 13.9. The number of aromatic nitrogens is 6. The Labute approximate surface area is 208 Å². The van der Waals surface area contributed by atoms with Gasteiger partial charge in [0.2, 0.25) is 5.95 Å². The number of carbonyl (C=O) groups excluding carboxylic acids is 1. The topological polar surface area (TPSA) is 114 Å². The van der Waals surface area contributed by atoms with Gasteiger partial charge in [0.05, 0.1) is 41.9 Å². The summed E-state index contributed by atoms with van der Waals surface area (Å²) in [5.74, 6) is -0.144. The molecule has 4 aromatic rings. The van der Waals surface area contributed by atoms with Crippen LogP contribution in [0.25, 0.3) is 11.3 Å². The molecule has 1 fully saturated rings. The van der Waals surface area contributed by atoms with E-state index in [4.69, 9.17) is 4.74 Å². The van der Waals surface area contributed by atoms with E-state index in [1.807, 2.05) is 0 Å². The molecular formula is C24H21F3N8O2. The number of alkyl halides is 3. The molecule has 0 aliphatic carbocycles. The third kappa shape index (κ3) is 4.42. The Bertz CT molecular complexity index is 1440. The van der Waals surface area contributed by atoms with Crippen LogP contribution < -0.4 is 10.2 Å². The molecule has 0 unspecified atom stereocenters. The number of rotatable bonds is 5. The third-order valence-electron chi connectivity index (χ3n) is 6.48. The van der Waals surface area contributed by atoms with E-state index in [1.165, 1.54) is 12.4 Å². The first-order chi connectivity index (χ1) is 17.9. The van der Waals surface area contributed by atoms with Crippen LogP contribution in [0.5, 0.6) is 0 Å². The number of carbonyl (C=O) groups is 1. The van der Waals surface area contributed by atoms with Crippen LogP contribution in [0, 0.1) is 0 Å². The number of nitrogens with zero attached hydrogens (tertiary/aromatic N) is 6. The van der Waals surface area contributed by atoms with Crippen molar-refractivity contribution >= 4 is 23.2 Å². The fourth-order valence-corrected chi connectivity index (χ4v) is 4.53. The number of amides is 1. The van der Waals surface area contributed by atoms with Gasteiger partial charge >= 0.3 is 6.18 Å². The Morgan fingerprint density at radius 2 is 1.86 bits per heavy atom. The zero-order chi connectivity index (χ0) is 25.6. The molecule has 0 atom stereocenters. The summed E-state index contributed by atoms with van der Waals surface area (Å²) in [6.07, 6.45) is 2.10. The van der Waals surface area contributed by atoms with Crippen LogP contribution in [0.1, 0.15) is 40.5 Å². The van der Waals surface area contributed by atoms with Crippen molar-refractivity contribution in [3.63, 3.8) is 0 Å². The molecule has 0 bridgehead atoms. The van der Waals surface area contributed by atoms with Crippen LogP contribution in [0.2, 0.25) is 0 Å². The van der Waals surface area contributed by atoms with Gasteiger partial charge in [-0.1, -0.05) is 0 Å². The Morgan fingerprint density at radius 3 is 2.59 bits per heavy atom. The molecule has 0 radical (unpaired) electrons. The van der Waals surface area contributed by atoms with Gasteiger partial charge in [0.1, 0.15) is 5.56 Å². The second kappa shape index (κ2) is 9.00. The molecule has 2 aliphatic heterocycles. The number of hydrogen-bond acceptors (Lipinski definition) is 7. The lowest BCUT2D eigenvalue weighted by atomic mass is 10.1. The summed E-state index contributed by atoms with van der Waals surface area (Å²) in [6, 6.07) is 6.96. The van der Waals surface area contributed by atoms with E-state index >= 15 is 0 Å². The summed E-state index contributed by atoms with van der Waals surface area (Å²) in [7, 11) is 0.